The zero-order valence-corrected chi connectivity index (χ0v) is 16.4. The van der Waals surface area contributed by atoms with Gasteiger partial charge < -0.3 is 20.2 Å². The topological polar surface area (TPSA) is 90.4 Å². The third-order valence-electron chi connectivity index (χ3n) is 4.99. The lowest BCUT2D eigenvalue weighted by atomic mass is 9.54. The number of hydrogen-bond acceptors (Lipinski definition) is 5. The van der Waals surface area contributed by atoms with E-state index in [0.29, 0.717) is 30.2 Å². The van der Waals surface area contributed by atoms with Crippen LogP contribution in [0.5, 0.6) is 0 Å². The molecule has 1 aromatic carbocycles. The maximum atomic E-state index is 12.7. The number of aryl methyl sites for hydroxylation is 1. The average Bonchev–Trinajstić information content (AvgIpc) is 2.86. The number of nitrogens with one attached hydrogen (secondary N) is 1. The van der Waals surface area contributed by atoms with Gasteiger partial charge in [-0.2, -0.15) is 0 Å². The van der Waals surface area contributed by atoms with Crippen LogP contribution < -0.4 is 11.1 Å². The molecule has 1 aliphatic carbocycles. The Morgan fingerprint density at radius 1 is 1.44 bits per heavy atom. The molecule has 1 aromatic heterocycles. The summed E-state index contributed by atoms with van der Waals surface area (Å²) in [5.41, 5.74) is 7.08. The number of oxazole rings is 1. The lowest BCUT2D eigenvalue weighted by Crippen LogP contribution is -2.74. The number of fused-ring (bicyclic) bond motifs is 1. The number of amides is 1. The third-order valence-corrected chi connectivity index (χ3v) is 4.99. The molecule has 1 fully saturated rings. The van der Waals surface area contributed by atoms with Crippen LogP contribution in [0.25, 0.3) is 11.1 Å². The Hall–Kier alpha value is -1.34. The smallest absolute Gasteiger partial charge is 0.245 e. The van der Waals surface area contributed by atoms with Gasteiger partial charge in [0.1, 0.15) is 11.1 Å². The third kappa shape index (κ3) is 3.49. The number of carbonyl (C=O) groups is 1. The number of anilines is 1. The van der Waals surface area contributed by atoms with Crippen LogP contribution in [0.3, 0.4) is 0 Å². The van der Waals surface area contributed by atoms with E-state index in [1.165, 1.54) is 0 Å². The molecule has 1 aliphatic rings. The average molecular weight is 390 g/mol. The van der Waals surface area contributed by atoms with Gasteiger partial charge in [-0.3, -0.25) is 4.79 Å². The molecule has 140 valence electrons. The molecule has 2 atom stereocenters. The van der Waals surface area contributed by atoms with E-state index in [9.17, 15) is 4.79 Å². The van der Waals surface area contributed by atoms with E-state index in [0.717, 1.165) is 5.52 Å². The Morgan fingerprint density at radius 3 is 2.72 bits per heavy atom. The first-order valence-electron chi connectivity index (χ1n) is 7.87. The van der Waals surface area contributed by atoms with Gasteiger partial charge in [0.2, 0.25) is 5.91 Å². The van der Waals surface area contributed by atoms with Crippen LogP contribution in [0.15, 0.2) is 22.6 Å². The summed E-state index contributed by atoms with van der Waals surface area (Å²) < 4.78 is 11.2. The van der Waals surface area contributed by atoms with Crippen molar-refractivity contribution < 1.29 is 13.9 Å². The van der Waals surface area contributed by atoms with E-state index >= 15 is 0 Å². The molecule has 8 heteroatoms. The van der Waals surface area contributed by atoms with E-state index in [1.807, 2.05) is 26.8 Å². The number of carbonyl (C=O) groups excluding carboxylic acids is 1. The number of nitrogens with zero attached hydrogens (tertiary/aromatic N) is 1. The predicted molar refractivity (Wildman–Crippen MR) is 103 cm³/mol. The number of rotatable bonds is 4. The van der Waals surface area contributed by atoms with Crippen LogP contribution in [0, 0.1) is 12.3 Å². The van der Waals surface area contributed by atoms with Crippen molar-refractivity contribution in [2.75, 3.05) is 11.9 Å². The summed E-state index contributed by atoms with van der Waals surface area (Å²) in [6.45, 7) is 8.30. The molecule has 25 heavy (non-hydrogen) atoms. The first kappa shape index (κ1) is 21.7. The van der Waals surface area contributed by atoms with Crippen LogP contribution in [-0.2, 0) is 9.53 Å². The highest BCUT2D eigenvalue weighted by atomic mass is 35.5. The quantitative estimate of drug-likeness (QED) is 0.835. The molecule has 0 saturated heterocycles. The van der Waals surface area contributed by atoms with Crippen LogP contribution in [0.4, 0.5) is 5.69 Å². The summed E-state index contributed by atoms with van der Waals surface area (Å²) in [7, 11) is 0. The lowest BCUT2D eigenvalue weighted by Gasteiger charge is -2.57. The second-order valence-corrected chi connectivity index (χ2v) is 6.71. The molecule has 0 spiro atoms. The molecular formula is C17H25Cl2N3O3. The van der Waals surface area contributed by atoms with Crippen molar-refractivity contribution in [1.29, 1.82) is 0 Å². The van der Waals surface area contributed by atoms with Crippen molar-refractivity contribution in [3.05, 3.63) is 24.1 Å². The molecule has 6 nitrogen and oxygen atoms in total. The summed E-state index contributed by atoms with van der Waals surface area (Å²) in [4.78, 5) is 16.9. The predicted octanol–water partition coefficient (Wildman–Crippen LogP) is 3.45. The van der Waals surface area contributed by atoms with Crippen molar-refractivity contribution in [1.82, 2.24) is 4.98 Å². The van der Waals surface area contributed by atoms with Gasteiger partial charge in [0.25, 0.3) is 0 Å². The van der Waals surface area contributed by atoms with E-state index in [1.54, 1.807) is 19.1 Å². The molecule has 0 bridgehead atoms. The summed E-state index contributed by atoms with van der Waals surface area (Å²) in [6.07, 6.45) is 0.520. The van der Waals surface area contributed by atoms with E-state index in [-0.39, 0.29) is 36.8 Å². The standard InChI is InChI=1S/C17H23N3O3.2ClH/c1-5-22-14-9-17(18,16(14,3)4)15(21)20-11-6-7-12-13(8-11)23-10(2)19-12;;/h6-8,14H,5,9,18H2,1-4H3,(H,20,21);2*1H. The Morgan fingerprint density at radius 2 is 2.12 bits per heavy atom. The second kappa shape index (κ2) is 7.50. The summed E-state index contributed by atoms with van der Waals surface area (Å²) in [6, 6.07) is 5.39. The Kier molecular flexibility index (Phi) is 6.51. The highest BCUT2D eigenvalue weighted by molar-refractivity contribution is 6.00. The molecule has 0 aliphatic heterocycles. The van der Waals surface area contributed by atoms with Gasteiger partial charge in [0, 0.05) is 37.1 Å². The van der Waals surface area contributed by atoms with Gasteiger partial charge >= 0.3 is 0 Å². The van der Waals surface area contributed by atoms with E-state index in [2.05, 4.69) is 10.3 Å². The van der Waals surface area contributed by atoms with Crippen molar-refractivity contribution in [3.63, 3.8) is 0 Å². The zero-order valence-electron chi connectivity index (χ0n) is 14.8. The first-order valence-corrected chi connectivity index (χ1v) is 7.87. The monoisotopic (exact) mass is 389 g/mol. The van der Waals surface area contributed by atoms with Gasteiger partial charge in [0.15, 0.2) is 11.5 Å². The van der Waals surface area contributed by atoms with Crippen molar-refractivity contribution in [2.45, 2.75) is 45.8 Å². The van der Waals surface area contributed by atoms with Gasteiger partial charge in [-0.15, -0.1) is 24.8 Å². The highest BCUT2D eigenvalue weighted by Crippen LogP contribution is 2.50. The Labute approximate surface area is 159 Å². The summed E-state index contributed by atoms with van der Waals surface area (Å²) in [5, 5.41) is 2.90. The zero-order chi connectivity index (χ0) is 16.8. The number of halogens is 2. The summed E-state index contributed by atoms with van der Waals surface area (Å²) >= 11 is 0. The minimum absolute atomic E-state index is 0. The Bertz CT molecular complexity index is 763. The molecular weight excluding hydrogens is 365 g/mol. The summed E-state index contributed by atoms with van der Waals surface area (Å²) in [5.74, 6) is 0.396. The lowest BCUT2D eigenvalue weighted by molar-refractivity contribution is -0.166. The normalized spacial score (nSPS) is 24.0. The van der Waals surface area contributed by atoms with Crippen LogP contribution in [0.2, 0.25) is 0 Å². The highest BCUT2D eigenvalue weighted by Gasteiger charge is 2.62. The maximum absolute atomic E-state index is 12.7. The van der Waals surface area contributed by atoms with Gasteiger partial charge in [-0.05, 0) is 19.1 Å². The van der Waals surface area contributed by atoms with E-state index < -0.39 is 11.0 Å². The fraction of sp³-hybridized carbons (Fsp3) is 0.529. The molecule has 3 N–H and O–H groups in total. The van der Waals surface area contributed by atoms with Gasteiger partial charge in [0.05, 0.1) is 6.10 Å². The number of aromatic nitrogens is 1. The minimum atomic E-state index is -0.945. The fourth-order valence-corrected chi connectivity index (χ4v) is 3.18. The first-order chi connectivity index (χ1) is 10.8. The molecule has 1 amide bonds. The van der Waals surface area contributed by atoms with E-state index in [4.69, 9.17) is 14.9 Å². The fourth-order valence-electron chi connectivity index (χ4n) is 3.18. The number of nitrogens with two attached hydrogens (primary N) is 1. The van der Waals surface area contributed by atoms with Crippen LogP contribution in [-0.4, -0.2) is 29.1 Å². The van der Waals surface area contributed by atoms with Crippen LogP contribution in [0.1, 0.15) is 33.1 Å². The second-order valence-electron chi connectivity index (χ2n) is 6.71. The SMILES string of the molecule is CCOC1CC(N)(C(=O)Nc2ccc3nc(C)oc3c2)C1(C)C.Cl.Cl. The van der Waals surface area contributed by atoms with Gasteiger partial charge in [-0.1, -0.05) is 13.8 Å². The van der Waals surface area contributed by atoms with Gasteiger partial charge in [-0.25, -0.2) is 4.98 Å². The van der Waals surface area contributed by atoms with Crippen LogP contribution >= 0.6 is 24.8 Å². The largest absolute Gasteiger partial charge is 0.441 e. The molecule has 0 radical (unpaired) electrons. The van der Waals surface area contributed by atoms with Crippen molar-refractivity contribution >= 4 is 47.5 Å². The molecule has 1 heterocycles. The molecule has 1 saturated carbocycles. The number of hydrogen-bond donors (Lipinski definition) is 2. The number of ether oxygens (including phenoxy) is 1. The molecule has 3 rings (SSSR count). The minimum Gasteiger partial charge on any atom is -0.441 e. The van der Waals surface area contributed by atoms with Crippen molar-refractivity contribution in [2.24, 2.45) is 11.1 Å². The Balaban J connectivity index is 0.00000156. The maximum Gasteiger partial charge on any atom is 0.245 e. The number of benzene rings is 1. The molecule has 2 unspecified atom stereocenters. The van der Waals surface area contributed by atoms with Crippen molar-refractivity contribution in [3.8, 4) is 0 Å². The molecule has 2 aromatic rings.